The summed E-state index contributed by atoms with van der Waals surface area (Å²) >= 11 is 0. The maximum atomic E-state index is 11.9. The third-order valence-corrected chi connectivity index (χ3v) is 3.36. The van der Waals surface area contributed by atoms with Crippen LogP contribution >= 0.6 is 0 Å². The molecule has 5 heteroatoms. The summed E-state index contributed by atoms with van der Waals surface area (Å²) in [6.07, 6.45) is 1.93. The van der Waals surface area contributed by atoms with Crippen LogP contribution in [0.4, 0.5) is 0 Å². The molecule has 0 aliphatic heterocycles. The maximum absolute atomic E-state index is 11.9. The van der Waals surface area contributed by atoms with Gasteiger partial charge in [0.25, 0.3) is 5.56 Å². The molecular formula is C17H17NO4. The normalized spacial score (nSPS) is 10.4. The molecule has 1 aromatic carbocycles. The van der Waals surface area contributed by atoms with Crippen LogP contribution in [0.15, 0.2) is 53.5 Å². The summed E-state index contributed by atoms with van der Waals surface area (Å²) < 4.78 is 1.49. The Hall–Kier alpha value is -2.69. The summed E-state index contributed by atoms with van der Waals surface area (Å²) in [4.78, 5) is 34.3. The molecule has 0 amide bonds. The molecule has 0 saturated carbocycles. The molecule has 2 rings (SSSR count). The third kappa shape index (κ3) is 4.41. The van der Waals surface area contributed by atoms with E-state index in [1.165, 1.54) is 22.9 Å². The first-order chi connectivity index (χ1) is 10.6. The van der Waals surface area contributed by atoms with E-state index in [2.05, 4.69) is 0 Å². The van der Waals surface area contributed by atoms with Crippen LogP contribution in [0.5, 0.6) is 0 Å². The van der Waals surface area contributed by atoms with Crippen molar-refractivity contribution in [2.24, 2.45) is 0 Å². The molecule has 1 N–H and O–H groups in total. The fourth-order valence-corrected chi connectivity index (χ4v) is 2.13. The van der Waals surface area contributed by atoms with Gasteiger partial charge in [-0.25, -0.2) is 0 Å². The van der Waals surface area contributed by atoms with Crippen LogP contribution in [0.2, 0.25) is 0 Å². The van der Waals surface area contributed by atoms with Crippen LogP contribution in [0.25, 0.3) is 0 Å². The first-order valence-corrected chi connectivity index (χ1v) is 7.05. The first kappa shape index (κ1) is 15.7. The highest BCUT2D eigenvalue weighted by molar-refractivity contribution is 5.97. The predicted molar refractivity (Wildman–Crippen MR) is 82.0 cm³/mol. The van der Waals surface area contributed by atoms with E-state index >= 15 is 0 Å². The van der Waals surface area contributed by atoms with Crippen molar-refractivity contribution in [3.8, 4) is 0 Å². The van der Waals surface area contributed by atoms with E-state index < -0.39 is 5.97 Å². The second-order valence-electron chi connectivity index (χ2n) is 5.00. The number of nitrogens with zero attached hydrogens (tertiary/aromatic N) is 1. The molecule has 2 aromatic rings. The zero-order valence-corrected chi connectivity index (χ0v) is 12.1. The number of hydrogen-bond acceptors (Lipinski definition) is 3. The van der Waals surface area contributed by atoms with Gasteiger partial charge in [-0.05, 0) is 18.1 Å². The highest BCUT2D eigenvalue weighted by Gasteiger charge is 2.10. The fraction of sp³-hybridized carbons (Fsp3) is 0.235. The number of Topliss-reactive ketones (excluding diaryl/α,β-unsaturated/α-hetero) is 1. The summed E-state index contributed by atoms with van der Waals surface area (Å²) in [5.74, 6) is -1.28. The lowest BCUT2D eigenvalue weighted by Crippen LogP contribution is -2.21. The van der Waals surface area contributed by atoms with Crippen molar-refractivity contribution in [2.75, 3.05) is 0 Å². The minimum Gasteiger partial charge on any atom is -0.481 e. The van der Waals surface area contributed by atoms with Gasteiger partial charge < -0.3 is 9.67 Å². The molecule has 0 saturated heterocycles. The lowest BCUT2D eigenvalue weighted by molar-refractivity contribution is -0.136. The molecule has 0 fully saturated rings. The first-order valence-electron chi connectivity index (χ1n) is 7.05. The predicted octanol–water partition coefficient (Wildman–Crippen LogP) is 2.14. The second-order valence-corrected chi connectivity index (χ2v) is 5.00. The van der Waals surface area contributed by atoms with Gasteiger partial charge in [0.2, 0.25) is 0 Å². The molecule has 0 aliphatic carbocycles. The molecule has 0 spiro atoms. The topological polar surface area (TPSA) is 76.4 Å². The van der Waals surface area contributed by atoms with E-state index in [0.29, 0.717) is 18.5 Å². The average Bonchev–Trinajstić information content (AvgIpc) is 2.52. The number of carbonyl (C=O) groups is 2. The fourth-order valence-electron chi connectivity index (χ4n) is 2.13. The Labute approximate surface area is 127 Å². The van der Waals surface area contributed by atoms with Gasteiger partial charge in [0, 0.05) is 30.8 Å². The van der Waals surface area contributed by atoms with Crippen LogP contribution in [0.3, 0.4) is 0 Å². The Bertz CT molecular complexity index is 719. The molecule has 1 aromatic heterocycles. The zero-order valence-electron chi connectivity index (χ0n) is 12.1. The monoisotopic (exact) mass is 299 g/mol. The van der Waals surface area contributed by atoms with Gasteiger partial charge in [0.1, 0.15) is 0 Å². The number of aliphatic carboxylic acids is 1. The Morgan fingerprint density at radius 2 is 1.73 bits per heavy atom. The minimum atomic E-state index is -1.01. The molecule has 114 valence electrons. The highest BCUT2D eigenvalue weighted by atomic mass is 16.4. The van der Waals surface area contributed by atoms with Crippen LogP contribution in [0, 0.1) is 0 Å². The van der Waals surface area contributed by atoms with Gasteiger partial charge in [0.05, 0.1) is 6.42 Å². The maximum Gasteiger partial charge on any atom is 0.303 e. The lowest BCUT2D eigenvalue weighted by atomic mass is 10.1. The van der Waals surface area contributed by atoms with E-state index in [4.69, 9.17) is 5.11 Å². The number of ketones is 1. The lowest BCUT2D eigenvalue weighted by Gasteiger charge is -2.08. The molecule has 5 nitrogen and oxygen atoms in total. The average molecular weight is 299 g/mol. The molecule has 0 aliphatic rings. The third-order valence-electron chi connectivity index (χ3n) is 3.36. The summed E-state index contributed by atoms with van der Waals surface area (Å²) in [5, 5.41) is 8.61. The van der Waals surface area contributed by atoms with Crippen molar-refractivity contribution in [1.29, 1.82) is 0 Å². The molecule has 0 bridgehead atoms. The smallest absolute Gasteiger partial charge is 0.303 e. The van der Waals surface area contributed by atoms with Crippen molar-refractivity contribution in [2.45, 2.75) is 25.8 Å². The van der Waals surface area contributed by atoms with Gasteiger partial charge in [0.15, 0.2) is 5.78 Å². The largest absolute Gasteiger partial charge is 0.481 e. The van der Waals surface area contributed by atoms with Crippen molar-refractivity contribution in [1.82, 2.24) is 4.57 Å². The van der Waals surface area contributed by atoms with E-state index in [1.54, 1.807) is 0 Å². The number of aromatic nitrogens is 1. The molecule has 22 heavy (non-hydrogen) atoms. The van der Waals surface area contributed by atoms with E-state index in [9.17, 15) is 14.4 Å². The zero-order chi connectivity index (χ0) is 15.9. The summed E-state index contributed by atoms with van der Waals surface area (Å²) in [5.41, 5.74) is 1.30. The molecule has 0 atom stereocenters. The van der Waals surface area contributed by atoms with Crippen LogP contribution in [-0.4, -0.2) is 21.4 Å². The van der Waals surface area contributed by atoms with E-state index in [-0.39, 0.29) is 24.2 Å². The number of carboxylic acid groups (broad SMARTS) is 1. The molecule has 0 unspecified atom stereocenters. The highest BCUT2D eigenvalue weighted by Crippen LogP contribution is 2.05. The van der Waals surface area contributed by atoms with Crippen LogP contribution in [-0.2, 0) is 17.8 Å². The van der Waals surface area contributed by atoms with Crippen molar-refractivity contribution in [3.63, 3.8) is 0 Å². The summed E-state index contributed by atoms with van der Waals surface area (Å²) in [6.45, 7) is 0.475. The quantitative estimate of drug-likeness (QED) is 0.795. The van der Waals surface area contributed by atoms with Crippen molar-refractivity contribution in [3.05, 3.63) is 70.1 Å². The van der Waals surface area contributed by atoms with Gasteiger partial charge in [-0.2, -0.15) is 0 Å². The number of rotatable bonds is 7. The molecule has 0 radical (unpaired) electrons. The number of carbonyl (C=O) groups excluding carboxylic acids is 1. The number of aryl methyl sites for hydroxylation is 2. The Balaban J connectivity index is 2.08. The van der Waals surface area contributed by atoms with Gasteiger partial charge in [-0.3, -0.25) is 14.4 Å². The van der Waals surface area contributed by atoms with Crippen LogP contribution < -0.4 is 5.56 Å². The summed E-state index contributed by atoms with van der Waals surface area (Å²) in [6, 6.07) is 12.6. The standard InChI is InChI=1S/C17H17NO4/c19-15(7-9-17(21)22)14-6-8-16(20)18(12-14)11-10-13-4-2-1-3-5-13/h1-6,8,12H,7,9-11H2,(H,21,22). The van der Waals surface area contributed by atoms with Gasteiger partial charge in [-0.1, -0.05) is 30.3 Å². The second kappa shape index (κ2) is 7.36. The van der Waals surface area contributed by atoms with Crippen molar-refractivity contribution < 1.29 is 14.7 Å². The Kier molecular flexibility index (Phi) is 5.25. The summed E-state index contributed by atoms with van der Waals surface area (Å²) in [7, 11) is 0. The Morgan fingerprint density at radius 1 is 1.00 bits per heavy atom. The van der Waals surface area contributed by atoms with E-state index in [0.717, 1.165) is 5.56 Å². The number of pyridine rings is 1. The number of carboxylic acids is 1. The van der Waals surface area contributed by atoms with E-state index in [1.807, 2.05) is 30.3 Å². The SMILES string of the molecule is O=C(O)CCC(=O)c1ccc(=O)n(CCc2ccccc2)c1. The van der Waals surface area contributed by atoms with Crippen LogP contribution in [0.1, 0.15) is 28.8 Å². The van der Waals surface area contributed by atoms with Crippen molar-refractivity contribution >= 4 is 11.8 Å². The number of hydrogen-bond donors (Lipinski definition) is 1. The Morgan fingerprint density at radius 3 is 2.41 bits per heavy atom. The molecular weight excluding hydrogens is 282 g/mol. The minimum absolute atomic E-state index is 0.0633. The van der Waals surface area contributed by atoms with Gasteiger partial charge >= 0.3 is 5.97 Å². The number of benzene rings is 1. The molecule has 1 heterocycles. The van der Waals surface area contributed by atoms with Gasteiger partial charge in [-0.15, -0.1) is 0 Å².